The summed E-state index contributed by atoms with van der Waals surface area (Å²) in [4.78, 5) is 0. The molecule has 0 aromatic carbocycles. The molecule has 0 aliphatic carbocycles. The van der Waals surface area contributed by atoms with Crippen molar-refractivity contribution < 1.29 is 69.2 Å². The molecule has 0 aliphatic heterocycles. The molecule has 0 aromatic heterocycles. The van der Waals surface area contributed by atoms with Gasteiger partial charge in [0.05, 0.1) is 0 Å². The summed E-state index contributed by atoms with van der Waals surface area (Å²) >= 11 is 0. The third kappa shape index (κ3) is 304. The quantitative estimate of drug-likeness (QED) is 0.417. The van der Waals surface area contributed by atoms with Gasteiger partial charge >= 0.3 is 21.7 Å². The number of aliphatic hydroxyl groups excluding tert-OH is 2. The predicted molar refractivity (Wildman–Crippen MR) is 25.5 cm³/mol. The first-order chi connectivity index (χ1) is 2.83. The third-order valence-corrected chi connectivity index (χ3v) is 0. The molecule has 0 rings (SSSR count). The molecule has 0 saturated heterocycles. The molecule has 65 valence electrons. The molecule has 6 heteroatoms. The van der Waals surface area contributed by atoms with Crippen LogP contribution < -0.4 is 37.2 Å². The van der Waals surface area contributed by atoms with Crippen molar-refractivity contribution in [1.82, 2.24) is 0 Å². The Balaban J connectivity index is -0.00000000571. The standard InChI is InChI=1S/2C2H6O.3ClH.Ti/c2*1-2-3;;;;/h2*3H,2H2,1H3;3*1H;/q;;;;;+3/p-3. The van der Waals surface area contributed by atoms with Gasteiger partial charge in [-0.3, -0.25) is 0 Å². The van der Waals surface area contributed by atoms with Crippen LogP contribution in [-0.2, 0) is 21.7 Å². The van der Waals surface area contributed by atoms with Crippen LogP contribution in [0.1, 0.15) is 13.8 Å². The molecule has 0 atom stereocenters. The Morgan fingerprint density at radius 2 is 0.800 bits per heavy atom. The molecule has 0 heterocycles. The van der Waals surface area contributed by atoms with Crippen molar-refractivity contribution in [2.24, 2.45) is 0 Å². The van der Waals surface area contributed by atoms with Gasteiger partial charge in [-0.1, -0.05) is 0 Å². The Labute approximate surface area is 95.9 Å². The summed E-state index contributed by atoms with van der Waals surface area (Å²) in [7, 11) is 0. The van der Waals surface area contributed by atoms with Crippen molar-refractivity contribution in [1.29, 1.82) is 0 Å². The Morgan fingerprint density at radius 3 is 0.800 bits per heavy atom. The van der Waals surface area contributed by atoms with Crippen molar-refractivity contribution >= 4 is 0 Å². The van der Waals surface area contributed by atoms with Crippen LogP contribution in [0.4, 0.5) is 0 Å². The Hall–Kier alpha value is 1.50. The second-order valence-corrected chi connectivity index (χ2v) is 0.632. The summed E-state index contributed by atoms with van der Waals surface area (Å²) < 4.78 is 0. The van der Waals surface area contributed by atoms with Crippen molar-refractivity contribution in [2.75, 3.05) is 13.2 Å². The number of rotatable bonds is 0. The minimum Gasteiger partial charge on any atom is -1.00 e. The van der Waals surface area contributed by atoms with Crippen molar-refractivity contribution in [3.8, 4) is 0 Å². The predicted octanol–water partition coefficient (Wildman–Crippen LogP) is -8.99. The van der Waals surface area contributed by atoms with E-state index < -0.39 is 0 Å². The first-order valence-electron chi connectivity index (χ1n) is 2.05. The van der Waals surface area contributed by atoms with Gasteiger partial charge in [0, 0.05) is 13.2 Å². The molecule has 0 amide bonds. The van der Waals surface area contributed by atoms with Crippen LogP contribution in [0.25, 0.3) is 0 Å². The maximum Gasteiger partial charge on any atom is 3.00 e. The van der Waals surface area contributed by atoms with E-state index in [1.165, 1.54) is 0 Å². The summed E-state index contributed by atoms with van der Waals surface area (Å²) in [6.45, 7) is 3.86. The Bertz CT molecular complexity index is 20.5. The maximum atomic E-state index is 7.57. The van der Waals surface area contributed by atoms with Gasteiger partial charge < -0.3 is 47.4 Å². The van der Waals surface area contributed by atoms with Crippen LogP contribution >= 0.6 is 0 Å². The van der Waals surface area contributed by atoms with E-state index in [-0.39, 0.29) is 72.2 Å². The molecule has 0 aliphatic rings. The average molecular weight is 246 g/mol. The molecule has 2 nitrogen and oxygen atoms in total. The molecule has 10 heavy (non-hydrogen) atoms. The van der Waals surface area contributed by atoms with E-state index in [2.05, 4.69) is 0 Å². The van der Waals surface area contributed by atoms with E-state index >= 15 is 0 Å². The van der Waals surface area contributed by atoms with E-state index in [1.54, 1.807) is 13.8 Å². The first-order valence-corrected chi connectivity index (χ1v) is 2.05. The van der Waals surface area contributed by atoms with Gasteiger partial charge in [0.1, 0.15) is 0 Å². The van der Waals surface area contributed by atoms with E-state index in [1.807, 2.05) is 0 Å². The number of halogens is 3. The van der Waals surface area contributed by atoms with Crippen molar-refractivity contribution in [3.63, 3.8) is 0 Å². The largest absolute Gasteiger partial charge is 3.00 e. The van der Waals surface area contributed by atoms with E-state index in [4.69, 9.17) is 10.2 Å². The number of hydrogen-bond acceptors (Lipinski definition) is 2. The summed E-state index contributed by atoms with van der Waals surface area (Å²) in [5.41, 5.74) is 0. The zero-order chi connectivity index (χ0) is 5.41. The molecule has 0 saturated carbocycles. The second kappa shape index (κ2) is 77.3. The maximum absolute atomic E-state index is 7.57. The summed E-state index contributed by atoms with van der Waals surface area (Å²) in [6, 6.07) is 0. The van der Waals surface area contributed by atoms with E-state index in [9.17, 15) is 0 Å². The minimum absolute atomic E-state index is 0. The monoisotopic (exact) mass is 245 g/mol. The normalized spacial score (nSPS) is 3.60. The molecule has 0 spiro atoms. The van der Waals surface area contributed by atoms with E-state index in [0.717, 1.165) is 0 Å². The smallest absolute Gasteiger partial charge is 1.00 e. The Morgan fingerprint density at radius 1 is 0.800 bits per heavy atom. The fraction of sp³-hybridized carbons (Fsp3) is 1.00. The molecular formula is C4H12Cl3O2Ti. The average Bonchev–Trinajstić information content (AvgIpc) is 1.39. The fourth-order valence-electron chi connectivity index (χ4n) is 0. The van der Waals surface area contributed by atoms with Crippen LogP contribution in [0.3, 0.4) is 0 Å². The van der Waals surface area contributed by atoms with Gasteiger partial charge in [0.25, 0.3) is 0 Å². The molecule has 0 fully saturated rings. The topological polar surface area (TPSA) is 40.5 Å². The van der Waals surface area contributed by atoms with Gasteiger partial charge in [0.2, 0.25) is 0 Å². The van der Waals surface area contributed by atoms with Crippen LogP contribution in [0.2, 0.25) is 0 Å². The summed E-state index contributed by atoms with van der Waals surface area (Å²) in [5, 5.41) is 15.1. The summed E-state index contributed by atoms with van der Waals surface area (Å²) in [5.74, 6) is 0. The molecule has 0 unspecified atom stereocenters. The zero-order valence-corrected chi connectivity index (χ0v) is 9.77. The van der Waals surface area contributed by atoms with Crippen molar-refractivity contribution in [3.05, 3.63) is 0 Å². The SMILES string of the molecule is CCO.CCO.[Cl-].[Cl-].[Cl-].[Ti+3]. The number of hydrogen-bond donors (Lipinski definition) is 2. The van der Waals surface area contributed by atoms with Gasteiger partial charge in [-0.05, 0) is 13.8 Å². The zero-order valence-electron chi connectivity index (χ0n) is 5.94. The Kier molecular flexibility index (Phi) is 324. The molecule has 0 bridgehead atoms. The third-order valence-electron chi connectivity index (χ3n) is 0. The second-order valence-electron chi connectivity index (χ2n) is 0.632. The van der Waals surface area contributed by atoms with Crippen LogP contribution in [-0.4, -0.2) is 23.4 Å². The number of aliphatic hydroxyl groups is 2. The van der Waals surface area contributed by atoms with Gasteiger partial charge in [0.15, 0.2) is 0 Å². The van der Waals surface area contributed by atoms with Gasteiger partial charge in [-0.15, -0.1) is 0 Å². The van der Waals surface area contributed by atoms with Crippen molar-refractivity contribution in [2.45, 2.75) is 13.8 Å². The summed E-state index contributed by atoms with van der Waals surface area (Å²) in [6.07, 6.45) is 0. The van der Waals surface area contributed by atoms with Gasteiger partial charge in [-0.2, -0.15) is 0 Å². The van der Waals surface area contributed by atoms with Crippen LogP contribution in [0, 0.1) is 0 Å². The minimum atomic E-state index is 0. The van der Waals surface area contributed by atoms with Gasteiger partial charge in [-0.25, -0.2) is 0 Å². The van der Waals surface area contributed by atoms with Crippen LogP contribution in [0.15, 0.2) is 0 Å². The molecular weight excluding hydrogens is 234 g/mol. The molecule has 2 N–H and O–H groups in total. The fourth-order valence-corrected chi connectivity index (χ4v) is 0. The molecule has 0 aromatic rings. The molecule has 1 radical (unpaired) electrons. The van der Waals surface area contributed by atoms with E-state index in [0.29, 0.717) is 0 Å². The van der Waals surface area contributed by atoms with Crippen LogP contribution in [0.5, 0.6) is 0 Å². The first kappa shape index (κ1) is 41.9.